The Morgan fingerprint density at radius 1 is 0.434 bits per heavy atom. The molecule has 3 aliphatic carbocycles. The summed E-state index contributed by atoms with van der Waals surface area (Å²) >= 11 is 2.87. The Balaban J connectivity index is 1.06. The molecular weight excluding hydrogens is 652 g/mol. The van der Waals surface area contributed by atoms with E-state index in [1.54, 1.807) is 16.7 Å². The number of allylic oxidation sites excluding steroid dienone is 6. The van der Waals surface area contributed by atoms with Crippen LogP contribution in [0.4, 0.5) is 0 Å². The van der Waals surface area contributed by atoms with E-state index in [0.29, 0.717) is 0 Å². The summed E-state index contributed by atoms with van der Waals surface area (Å²) in [5.74, 6) is 5.68. The van der Waals surface area contributed by atoms with Crippen molar-refractivity contribution in [2.24, 2.45) is 35.5 Å². The summed E-state index contributed by atoms with van der Waals surface area (Å²) in [6, 6.07) is 0. The molecule has 0 aromatic rings. The van der Waals surface area contributed by atoms with Gasteiger partial charge in [0.25, 0.3) is 0 Å². The van der Waals surface area contributed by atoms with E-state index in [1.165, 1.54) is 230 Å². The van der Waals surface area contributed by atoms with E-state index in [9.17, 15) is 0 Å². The van der Waals surface area contributed by atoms with Crippen LogP contribution in [0.2, 0.25) is 5.28 Å². The zero-order valence-corrected chi connectivity index (χ0v) is 37.9. The van der Waals surface area contributed by atoms with Crippen LogP contribution in [0, 0.1) is 35.5 Å². The zero-order chi connectivity index (χ0) is 37.8. The van der Waals surface area contributed by atoms with Crippen LogP contribution in [0.1, 0.15) is 252 Å². The number of unbranched alkanes of at least 4 members (excludes halogenated alkanes) is 18. The molecule has 0 heterocycles. The largest absolute Gasteiger partial charge is 0.118 e. The number of rotatable bonds is 32. The van der Waals surface area contributed by atoms with Crippen molar-refractivity contribution in [1.29, 1.82) is 0 Å². The first-order chi connectivity index (χ1) is 26.0. The van der Waals surface area contributed by atoms with E-state index < -0.39 is 0 Å². The summed E-state index contributed by atoms with van der Waals surface area (Å²) in [6.45, 7) is 9.95. The molecule has 3 rings (SSSR count). The van der Waals surface area contributed by atoms with Crippen molar-refractivity contribution >= 4 is 16.3 Å². The molecule has 0 spiro atoms. The van der Waals surface area contributed by atoms with E-state index in [1.807, 2.05) is 0 Å². The molecule has 0 nitrogen and oxygen atoms in total. The molecule has 0 aromatic heterocycles. The van der Waals surface area contributed by atoms with Crippen LogP contribution >= 0.6 is 0 Å². The second-order valence-corrected chi connectivity index (χ2v) is 20.0. The molecule has 3 aliphatic rings. The van der Waals surface area contributed by atoms with Crippen LogP contribution in [0.3, 0.4) is 0 Å². The summed E-state index contributed by atoms with van der Waals surface area (Å²) in [6.07, 6.45) is 58.3. The van der Waals surface area contributed by atoms with E-state index in [0.717, 1.165) is 35.5 Å². The standard InChI is InChI=1S/C52H93.Al/c1-6-7-8-9-12-17-22-28-46(4)51-40-34-48(35-41-51)31-26-21-16-11-14-19-24-29-47(5)52-42-36-49(37-43-52)30-25-20-15-10-13-18-23-27-45(3)50-38-32-44(2)33-39-50;/h32,34,36,45-47,50-52H,1,6-31,33,35,37-43H2,2-5H3;. The van der Waals surface area contributed by atoms with Gasteiger partial charge in [-0.2, -0.15) is 0 Å². The van der Waals surface area contributed by atoms with Crippen LogP contribution < -0.4 is 0 Å². The highest BCUT2D eigenvalue weighted by Crippen LogP contribution is 2.36. The fourth-order valence-corrected chi connectivity index (χ4v) is 10.7. The van der Waals surface area contributed by atoms with Crippen molar-refractivity contribution in [3.8, 4) is 0 Å². The van der Waals surface area contributed by atoms with Crippen LogP contribution in [0.25, 0.3) is 0 Å². The van der Waals surface area contributed by atoms with Gasteiger partial charge in [0, 0.05) is 0 Å². The van der Waals surface area contributed by atoms with Crippen LogP contribution in [0.5, 0.6) is 0 Å². The normalized spacial score (nSPS) is 22.6. The monoisotopic (exact) mass is 745 g/mol. The van der Waals surface area contributed by atoms with Gasteiger partial charge in [-0.3, -0.25) is 0 Å². The maximum absolute atomic E-state index is 2.87. The Morgan fingerprint density at radius 2 is 0.755 bits per heavy atom. The third-order valence-electron chi connectivity index (χ3n) is 14.9. The predicted octanol–water partition coefficient (Wildman–Crippen LogP) is 17.8. The molecule has 304 valence electrons. The molecule has 0 saturated carbocycles. The first kappa shape index (κ1) is 47.1. The van der Waals surface area contributed by atoms with Gasteiger partial charge in [0.1, 0.15) is 16.3 Å². The minimum absolute atomic E-state index is 0.926. The summed E-state index contributed by atoms with van der Waals surface area (Å²) in [4.78, 5) is 0. The molecule has 0 bridgehead atoms. The van der Waals surface area contributed by atoms with Gasteiger partial charge in [0.2, 0.25) is 0 Å². The lowest BCUT2D eigenvalue weighted by Crippen LogP contribution is -2.15. The maximum Gasteiger partial charge on any atom is 0.118 e. The maximum atomic E-state index is 2.87. The first-order valence-corrected chi connectivity index (χ1v) is 25.5. The molecule has 1 heteroatoms. The molecular formula is C52H93Al. The highest BCUT2D eigenvalue weighted by atomic mass is 27.0. The average Bonchev–Trinajstić information content (AvgIpc) is 3.18. The van der Waals surface area contributed by atoms with Crippen LogP contribution in [-0.2, 0) is 0 Å². The second kappa shape index (κ2) is 30.8. The molecule has 0 N–H and O–H groups in total. The lowest BCUT2D eigenvalue weighted by Gasteiger charge is -2.27. The SMILES string of the molecule is CC1=CCC(C(C)CCCCCCCCCC2=CCC(C(C)CCCCCCCCCC3=CCC(C(C)CCCCCCCC[CH2][Al])CC3)CC2)CC1. The zero-order valence-electron chi connectivity index (χ0n) is 36.7. The fourth-order valence-electron chi connectivity index (χ4n) is 10.4. The van der Waals surface area contributed by atoms with Crippen LogP contribution in [-0.4, -0.2) is 16.3 Å². The van der Waals surface area contributed by atoms with Crippen molar-refractivity contribution in [3.63, 3.8) is 0 Å². The highest BCUT2D eigenvalue weighted by molar-refractivity contribution is 6.08. The molecule has 6 unspecified atom stereocenters. The van der Waals surface area contributed by atoms with Crippen LogP contribution in [0.15, 0.2) is 34.9 Å². The van der Waals surface area contributed by atoms with Gasteiger partial charge in [-0.15, -0.1) is 5.28 Å². The molecule has 53 heavy (non-hydrogen) atoms. The molecule has 2 radical (unpaired) electrons. The van der Waals surface area contributed by atoms with Gasteiger partial charge in [-0.25, -0.2) is 0 Å². The fraction of sp³-hybridized carbons (Fsp3) is 0.885. The topological polar surface area (TPSA) is 0 Å². The average molecular weight is 745 g/mol. The van der Waals surface area contributed by atoms with Crippen molar-refractivity contribution < 1.29 is 0 Å². The van der Waals surface area contributed by atoms with Gasteiger partial charge in [0.15, 0.2) is 0 Å². The van der Waals surface area contributed by atoms with Gasteiger partial charge in [0.05, 0.1) is 0 Å². The van der Waals surface area contributed by atoms with E-state index >= 15 is 0 Å². The van der Waals surface area contributed by atoms with Gasteiger partial charge in [-0.05, 0) is 126 Å². The molecule has 0 fully saturated rings. The Morgan fingerprint density at radius 3 is 1.08 bits per heavy atom. The van der Waals surface area contributed by atoms with E-state index in [-0.39, 0.29) is 0 Å². The van der Waals surface area contributed by atoms with E-state index in [4.69, 9.17) is 0 Å². The van der Waals surface area contributed by atoms with Crippen molar-refractivity contribution in [3.05, 3.63) is 34.9 Å². The Kier molecular flexibility index (Phi) is 27.4. The smallest absolute Gasteiger partial charge is 0.118 e. The van der Waals surface area contributed by atoms with Crippen molar-refractivity contribution in [2.75, 3.05) is 0 Å². The highest BCUT2D eigenvalue weighted by Gasteiger charge is 2.22. The lowest BCUT2D eigenvalue weighted by molar-refractivity contribution is 0.299. The summed E-state index contributed by atoms with van der Waals surface area (Å²) in [5.41, 5.74) is 5.23. The number of hydrogen-bond donors (Lipinski definition) is 0. The second-order valence-electron chi connectivity index (χ2n) is 19.4. The molecule has 6 atom stereocenters. The minimum atomic E-state index is 0.926. The summed E-state index contributed by atoms with van der Waals surface area (Å²) in [5, 5.41) is 1.28. The third-order valence-corrected chi connectivity index (χ3v) is 15.3. The van der Waals surface area contributed by atoms with Crippen molar-refractivity contribution in [2.45, 2.75) is 258 Å². The quantitative estimate of drug-likeness (QED) is 0.0365. The Labute approximate surface area is 342 Å². The molecule has 0 saturated heterocycles. The minimum Gasteiger partial charge on any atom is -0.118 e. The van der Waals surface area contributed by atoms with Gasteiger partial charge >= 0.3 is 0 Å². The molecule has 0 amide bonds. The first-order valence-electron chi connectivity index (χ1n) is 24.7. The molecule has 0 aromatic carbocycles. The Bertz CT molecular complexity index is 970. The van der Waals surface area contributed by atoms with Gasteiger partial charge < -0.3 is 0 Å². The molecule has 0 aliphatic heterocycles. The lowest BCUT2D eigenvalue weighted by atomic mass is 9.78. The predicted molar refractivity (Wildman–Crippen MR) is 240 cm³/mol. The number of hydrogen-bond acceptors (Lipinski definition) is 0. The van der Waals surface area contributed by atoms with Crippen molar-refractivity contribution in [1.82, 2.24) is 0 Å². The Hall–Kier alpha value is -0.248. The third kappa shape index (κ3) is 22.3. The summed E-state index contributed by atoms with van der Waals surface area (Å²) < 4.78 is 0. The van der Waals surface area contributed by atoms with Gasteiger partial charge in [-0.1, -0.05) is 197 Å². The van der Waals surface area contributed by atoms with E-state index in [2.05, 4.69) is 62.2 Å². The summed E-state index contributed by atoms with van der Waals surface area (Å²) in [7, 11) is 0.